The Morgan fingerprint density at radius 1 is 0.933 bits per heavy atom. The molecule has 2 aromatic carbocycles. The van der Waals surface area contributed by atoms with E-state index in [1.54, 1.807) is 38.1 Å². The summed E-state index contributed by atoms with van der Waals surface area (Å²) in [5, 5.41) is 7.93. The number of nitrogens with one attached hydrogen (secondary N) is 3. The Labute approximate surface area is 173 Å². The molecule has 0 saturated heterocycles. The second-order valence-corrected chi connectivity index (χ2v) is 7.61. The Kier molecular flexibility index (Phi) is 6.44. The maximum Gasteiger partial charge on any atom is 0.257 e. The van der Waals surface area contributed by atoms with E-state index in [1.165, 1.54) is 0 Å². The maximum absolute atomic E-state index is 13.9. The van der Waals surface area contributed by atoms with Crippen LogP contribution in [0.15, 0.2) is 42.5 Å². The van der Waals surface area contributed by atoms with Gasteiger partial charge in [0, 0.05) is 17.3 Å². The van der Waals surface area contributed by atoms with Gasteiger partial charge in [-0.05, 0) is 55.2 Å². The molecular formula is C22H23F2N3O3. The topological polar surface area (TPSA) is 87.3 Å². The summed E-state index contributed by atoms with van der Waals surface area (Å²) >= 11 is 0. The number of anilines is 1. The smallest absolute Gasteiger partial charge is 0.257 e. The van der Waals surface area contributed by atoms with Gasteiger partial charge in [0.15, 0.2) is 0 Å². The van der Waals surface area contributed by atoms with Crippen molar-refractivity contribution in [1.29, 1.82) is 0 Å². The van der Waals surface area contributed by atoms with E-state index in [-0.39, 0.29) is 17.9 Å². The van der Waals surface area contributed by atoms with Gasteiger partial charge in [0.2, 0.25) is 5.91 Å². The molecule has 1 aliphatic rings. The molecule has 30 heavy (non-hydrogen) atoms. The molecule has 0 aliphatic heterocycles. The van der Waals surface area contributed by atoms with Crippen LogP contribution in [0.25, 0.3) is 0 Å². The van der Waals surface area contributed by atoms with Crippen LogP contribution in [-0.4, -0.2) is 29.8 Å². The molecule has 0 bridgehead atoms. The molecule has 1 fully saturated rings. The van der Waals surface area contributed by atoms with Crippen molar-refractivity contribution < 1.29 is 23.2 Å². The van der Waals surface area contributed by atoms with Gasteiger partial charge in [-0.25, -0.2) is 8.78 Å². The van der Waals surface area contributed by atoms with Gasteiger partial charge in [0.25, 0.3) is 11.8 Å². The first-order valence-corrected chi connectivity index (χ1v) is 9.73. The minimum absolute atomic E-state index is 0.172. The van der Waals surface area contributed by atoms with Gasteiger partial charge in [0.05, 0.1) is 0 Å². The van der Waals surface area contributed by atoms with E-state index < -0.39 is 35.1 Å². The highest BCUT2D eigenvalue weighted by molar-refractivity contribution is 6.02. The van der Waals surface area contributed by atoms with Crippen LogP contribution in [0.4, 0.5) is 14.5 Å². The van der Waals surface area contributed by atoms with Gasteiger partial charge in [0.1, 0.15) is 23.2 Å². The summed E-state index contributed by atoms with van der Waals surface area (Å²) in [6.07, 6.45) is 1.97. The second-order valence-electron chi connectivity index (χ2n) is 7.61. The average Bonchev–Trinajstić information content (AvgIpc) is 3.50. The molecular weight excluding hydrogens is 392 g/mol. The fourth-order valence-corrected chi connectivity index (χ4v) is 2.88. The highest BCUT2D eigenvalue weighted by Crippen LogP contribution is 2.20. The van der Waals surface area contributed by atoms with Crippen molar-refractivity contribution in [1.82, 2.24) is 10.6 Å². The SMILES string of the molecule is CC(C)C(NC(=O)c1c(F)cccc1F)C(=O)Nc1ccc(C(=O)NC2CC2)cc1. The van der Waals surface area contributed by atoms with Gasteiger partial charge in [-0.15, -0.1) is 0 Å². The van der Waals surface area contributed by atoms with Crippen LogP contribution in [0.2, 0.25) is 0 Å². The number of hydrogen-bond donors (Lipinski definition) is 3. The van der Waals surface area contributed by atoms with E-state index in [0.717, 1.165) is 31.0 Å². The number of hydrogen-bond acceptors (Lipinski definition) is 3. The summed E-state index contributed by atoms with van der Waals surface area (Å²) < 4.78 is 27.7. The quantitative estimate of drug-likeness (QED) is 0.649. The number of halogens is 2. The van der Waals surface area contributed by atoms with Crippen molar-refractivity contribution in [3.05, 3.63) is 65.2 Å². The molecule has 0 spiro atoms. The minimum Gasteiger partial charge on any atom is -0.349 e. The van der Waals surface area contributed by atoms with E-state index in [9.17, 15) is 23.2 Å². The molecule has 2 aromatic rings. The summed E-state index contributed by atoms with van der Waals surface area (Å²) in [5.41, 5.74) is 0.172. The van der Waals surface area contributed by atoms with Gasteiger partial charge >= 0.3 is 0 Å². The number of carbonyl (C=O) groups excluding carboxylic acids is 3. The van der Waals surface area contributed by atoms with E-state index in [1.807, 2.05) is 0 Å². The Bertz CT molecular complexity index is 936. The lowest BCUT2D eigenvalue weighted by molar-refractivity contribution is -0.118. The monoisotopic (exact) mass is 415 g/mol. The van der Waals surface area contributed by atoms with Gasteiger partial charge < -0.3 is 16.0 Å². The molecule has 0 radical (unpaired) electrons. The number of carbonyl (C=O) groups is 3. The third-order valence-electron chi connectivity index (χ3n) is 4.75. The Hall–Kier alpha value is -3.29. The summed E-state index contributed by atoms with van der Waals surface area (Å²) in [6, 6.07) is 8.66. The van der Waals surface area contributed by atoms with Crippen molar-refractivity contribution in [2.45, 2.75) is 38.8 Å². The highest BCUT2D eigenvalue weighted by atomic mass is 19.1. The second kappa shape index (κ2) is 9.02. The number of benzene rings is 2. The van der Waals surface area contributed by atoms with E-state index >= 15 is 0 Å². The first kappa shape index (κ1) is 21.4. The lowest BCUT2D eigenvalue weighted by atomic mass is 10.0. The third-order valence-corrected chi connectivity index (χ3v) is 4.75. The van der Waals surface area contributed by atoms with E-state index in [0.29, 0.717) is 11.3 Å². The summed E-state index contributed by atoms with van der Waals surface area (Å²) in [4.78, 5) is 37.1. The molecule has 8 heteroatoms. The Morgan fingerprint density at radius 2 is 1.53 bits per heavy atom. The van der Waals surface area contributed by atoms with Crippen molar-refractivity contribution in [2.24, 2.45) is 5.92 Å². The van der Waals surface area contributed by atoms with Gasteiger partial charge in [-0.3, -0.25) is 14.4 Å². The van der Waals surface area contributed by atoms with Crippen LogP contribution in [0.1, 0.15) is 47.4 Å². The summed E-state index contributed by atoms with van der Waals surface area (Å²) in [6.45, 7) is 3.40. The lowest BCUT2D eigenvalue weighted by Crippen LogP contribution is -2.47. The Balaban J connectivity index is 1.66. The molecule has 3 rings (SSSR count). The standard InChI is InChI=1S/C22H23F2N3O3/c1-12(2)19(27-21(29)18-16(23)4-3-5-17(18)24)22(30)26-14-8-6-13(7-9-14)20(28)25-15-10-11-15/h3-9,12,15,19H,10-11H2,1-2H3,(H,25,28)(H,26,30)(H,27,29). The van der Waals surface area contributed by atoms with Gasteiger partial charge in [-0.2, -0.15) is 0 Å². The summed E-state index contributed by atoms with van der Waals surface area (Å²) in [5.74, 6) is -4.07. The molecule has 3 N–H and O–H groups in total. The van der Waals surface area contributed by atoms with Crippen molar-refractivity contribution >= 4 is 23.4 Å². The predicted octanol–water partition coefficient (Wildman–Crippen LogP) is 3.25. The molecule has 158 valence electrons. The van der Waals surface area contributed by atoms with Crippen LogP contribution in [-0.2, 0) is 4.79 Å². The minimum atomic E-state index is -1.02. The molecule has 1 saturated carbocycles. The predicted molar refractivity (Wildman–Crippen MR) is 108 cm³/mol. The maximum atomic E-state index is 13.9. The lowest BCUT2D eigenvalue weighted by Gasteiger charge is -2.22. The van der Waals surface area contributed by atoms with E-state index in [2.05, 4.69) is 16.0 Å². The fraction of sp³-hybridized carbons (Fsp3) is 0.318. The zero-order valence-corrected chi connectivity index (χ0v) is 16.7. The molecule has 1 aliphatic carbocycles. The van der Waals surface area contributed by atoms with Crippen molar-refractivity contribution in [3.63, 3.8) is 0 Å². The highest BCUT2D eigenvalue weighted by Gasteiger charge is 2.27. The largest absolute Gasteiger partial charge is 0.349 e. The van der Waals surface area contributed by atoms with Gasteiger partial charge in [-0.1, -0.05) is 19.9 Å². The fourth-order valence-electron chi connectivity index (χ4n) is 2.88. The van der Waals surface area contributed by atoms with Crippen LogP contribution >= 0.6 is 0 Å². The van der Waals surface area contributed by atoms with Crippen LogP contribution in [0.3, 0.4) is 0 Å². The first-order valence-electron chi connectivity index (χ1n) is 9.73. The zero-order chi connectivity index (χ0) is 21.8. The van der Waals surface area contributed by atoms with Crippen LogP contribution in [0, 0.1) is 17.6 Å². The summed E-state index contributed by atoms with van der Waals surface area (Å²) in [7, 11) is 0. The normalized spacial score (nSPS) is 14.2. The van der Waals surface area contributed by atoms with E-state index in [4.69, 9.17) is 0 Å². The van der Waals surface area contributed by atoms with Crippen LogP contribution < -0.4 is 16.0 Å². The van der Waals surface area contributed by atoms with Crippen molar-refractivity contribution in [3.8, 4) is 0 Å². The molecule has 0 aromatic heterocycles. The molecule has 1 atom stereocenters. The number of rotatable bonds is 7. The Morgan fingerprint density at radius 3 is 2.07 bits per heavy atom. The zero-order valence-electron chi connectivity index (χ0n) is 16.7. The third kappa shape index (κ3) is 5.20. The first-order chi connectivity index (χ1) is 14.3. The molecule has 1 unspecified atom stereocenters. The average molecular weight is 415 g/mol. The molecule has 6 nitrogen and oxygen atoms in total. The van der Waals surface area contributed by atoms with Crippen molar-refractivity contribution in [2.75, 3.05) is 5.32 Å². The molecule has 3 amide bonds. The molecule has 0 heterocycles. The number of amides is 3. The van der Waals surface area contributed by atoms with Crippen LogP contribution in [0.5, 0.6) is 0 Å².